The van der Waals surface area contributed by atoms with Crippen LogP contribution >= 0.6 is 11.8 Å². The Labute approximate surface area is 120 Å². The minimum absolute atomic E-state index is 0.399. The van der Waals surface area contributed by atoms with E-state index >= 15 is 0 Å². The van der Waals surface area contributed by atoms with Crippen molar-refractivity contribution in [2.24, 2.45) is 5.92 Å². The lowest BCUT2D eigenvalue weighted by Crippen LogP contribution is -2.32. The summed E-state index contributed by atoms with van der Waals surface area (Å²) in [6.45, 7) is 4.41. The number of hydrogen-bond donors (Lipinski definition) is 1. The molecule has 0 aliphatic heterocycles. The molecule has 19 heavy (non-hydrogen) atoms. The molecule has 0 spiro atoms. The van der Waals surface area contributed by atoms with Crippen LogP contribution < -0.4 is 5.32 Å². The van der Waals surface area contributed by atoms with Crippen molar-refractivity contribution in [3.05, 3.63) is 11.7 Å². The molecule has 1 N–H and O–H groups in total. The maximum atomic E-state index is 5.35. The van der Waals surface area contributed by atoms with Gasteiger partial charge in [-0.2, -0.15) is 16.7 Å². The number of thioether (sulfide) groups is 1. The molecule has 1 heterocycles. The SMILES string of the molecule is CNC(Cc1nc(CSC2CCCC2)no1)C(C)C. The normalized spacial score (nSPS) is 18.3. The van der Waals surface area contributed by atoms with E-state index in [-0.39, 0.29) is 0 Å². The van der Waals surface area contributed by atoms with Crippen LogP contribution in [0, 0.1) is 5.92 Å². The van der Waals surface area contributed by atoms with Crippen LogP contribution in [-0.4, -0.2) is 28.5 Å². The molecule has 1 aliphatic rings. The van der Waals surface area contributed by atoms with Crippen molar-refractivity contribution in [2.45, 2.75) is 63.0 Å². The van der Waals surface area contributed by atoms with E-state index < -0.39 is 0 Å². The first-order valence-corrected chi connectivity index (χ1v) is 8.34. The van der Waals surface area contributed by atoms with Crippen LogP contribution in [0.4, 0.5) is 0 Å². The van der Waals surface area contributed by atoms with E-state index in [9.17, 15) is 0 Å². The molecule has 108 valence electrons. The first-order chi connectivity index (χ1) is 9.19. The van der Waals surface area contributed by atoms with E-state index in [1.54, 1.807) is 0 Å². The molecule has 0 bridgehead atoms. The van der Waals surface area contributed by atoms with Gasteiger partial charge in [0.05, 0.1) is 5.75 Å². The van der Waals surface area contributed by atoms with Crippen molar-refractivity contribution < 1.29 is 4.52 Å². The predicted octanol–water partition coefficient (Wildman–Crippen LogP) is 3.03. The van der Waals surface area contributed by atoms with Crippen LogP contribution in [-0.2, 0) is 12.2 Å². The molecule has 0 saturated heterocycles. The molecule has 1 saturated carbocycles. The number of nitrogens with zero attached hydrogens (tertiary/aromatic N) is 2. The monoisotopic (exact) mass is 283 g/mol. The Morgan fingerprint density at radius 2 is 2.11 bits per heavy atom. The van der Waals surface area contributed by atoms with E-state index in [0.717, 1.165) is 29.1 Å². The summed E-state index contributed by atoms with van der Waals surface area (Å²) in [6, 6.07) is 0.399. The Morgan fingerprint density at radius 1 is 1.37 bits per heavy atom. The number of hydrogen-bond acceptors (Lipinski definition) is 5. The molecular weight excluding hydrogens is 258 g/mol. The second-order valence-electron chi connectivity index (χ2n) is 5.67. The van der Waals surface area contributed by atoms with Crippen LogP contribution in [0.2, 0.25) is 0 Å². The molecule has 2 rings (SSSR count). The quantitative estimate of drug-likeness (QED) is 0.833. The van der Waals surface area contributed by atoms with E-state index in [0.29, 0.717) is 12.0 Å². The molecule has 0 amide bonds. The fraction of sp³-hybridized carbons (Fsp3) is 0.857. The molecule has 1 fully saturated rings. The number of aromatic nitrogens is 2. The lowest BCUT2D eigenvalue weighted by atomic mass is 10.0. The molecule has 0 radical (unpaired) electrons. The molecule has 4 nitrogen and oxygen atoms in total. The Kier molecular flexibility index (Phi) is 5.70. The lowest BCUT2D eigenvalue weighted by Gasteiger charge is -2.17. The van der Waals surface area contributed by atoms with Crippen LogP contribution in [0.25, 0.3) is 0 Å². The molecule has 0 aromatic carbocycles. The number of likely N-dealkylation sites (N-methyl/N-ethyl adjacent to an activating group) is 1. The van der Waals surface area contributed by atoms with Crippen molar-refractivity contribution in [3.63, 3.8) is 0 Å². The van der Waals surface area contributed by atoms with Gasteiger partial charge in [-0.1, -0.05) is 31.8 Å². The molecule has 1 atom stereocenters. The Balaban J connectivity index is 1.80. The first-order valence-electron chi connectivity index (χ1n) is 7.29. The van der Waals surface area contributed by atoms with Gasteiger partial charge in [0.1, 0.15) is 0 Å². The number of rotatable bonds is 7. The summed E-state index contributed by atoms with van der Waals surface area (Å²) < 4.78 is 5.35. The van der Waals surface area contributed by atoms with E-state index in [4.69, 9.17) is 4.52 Å². The summed E-state index contributed by atoms with van der Waals surface area (Å²) in [4.78, 5) is 4.50. The standard InChI is InChI=1S/C14H25N3OS/c1-10(2)12(15-3)8-14-16-13(17-18-14)9-19-11-6-4-5-7-11/h10-12,15H,4-9H2,1-3H3. The van der Waals surface area contributed by atoms with Crippen LogP contribution in [0.15, 0.2) is 4.52 Å². The molecule has 1 unspecified atom stereocenters. The molecule has 1 aromatic rings. The maximum Gasteiger partial charge on any atom is 0.228 e. The van der Waals surface area contributed by atoms with E-state index in [2.05, 4.69) is 29.3 Å². The molecule has 1 aromatic heterocycles. The topological polar surface area (TPSA) is 51.0 Å². The van der Waals surface area contributed by atoms with Crippen LogP contribution in [0.5, 0.6) is 0 Å². The highest BCUT2D eigenvalue weighted by molar-refractivity contribution is 7.99. The van der Waals surface area contributed by atoms with Gasteiger partial charge in [0.25, 0.3) is 0 Å². The van der Waals surface area contributed by atoms with Crippen molar-refractivity contribution in [1.29, 1.82) is 0 Å². The van der Waals surface area contributed by atoms with Crippen LogP contribution in [0.3, 0.4) is 0 Å². The minimum Gasteiger partial charge on any atom is -0.339 e. The number of nitrogens with one attached hydrogen (secondary N) is 1. The summed E-state index contributed by atoms with van der Waals surface area (Å²) in [5.74, 6) is 3.06. The smallest absolute Gasteiger partial charge is 0.228 e. The molecule has 5 heteroatoms. The van der Waals surface area contributed by atoms with Gasteiger partial charge in [0.2, 0.25) is 5.89 Å². The van der Waals surface area contributed by atoms with Crippen molar-refractivity contribution in [2.75, 3.05) is 7.05 Å². The third-order valence-corrected chi connectivity index (χ3v) is 5.20. The zero-order valence-corrected chi connectivity index (χ0v) is 13.0. The van der Waals surface area contributed by atoms with Crippen molar-refractivity contribution in [1.82, 2.24) is 15.5 Å². The van der Waals surface area contributed by atoms with Crippen molar-refractivity contribution in [3.8, 4) is 0 Å². The fourth-order valence-corrected chi connectivity index (χ4v) is 3.71. The van der Waals surface area contributed by atoms with Gasteiger partial charge >= 0.3 is 0 Å². The fourth-order valence-electron chi connectivity index (χ4n) is 2.54. The van der Waals surface area contributed by atoms with Gasteiger partial charge < -0.3 is 9.84 Å². The van der Waals surface area contributed by atoms with E-state index in [1.165, 1.54) is 25.7 Å². The highest BCUT2D eigenvalue weighted by Crippen LogP contribution is 2.31. The van der Waals surface area contributed by atoms with Gasteiger partial charge in [-0.05, 0) is 25.8 Å². The Bertz CT molecular complexity index is 375. The second kappa shape index (κ2) is 7.29. The summed E-state index contributed by atoms with van der Waals surface area (Å²) >= 11 is 1.98. The van der Waals surface area contributed by atoms with Gasteiger partial charge in [0.15, 0.2) is 5.82 Å². The Morgan fingerprint density at radius 3 is 2.74 bits per heavy atom. The predicted molar refractivity (Wildman–Crippen MR) is 79.2 cm³/mol. The molecular formula is C14H25N3OS. The summed E-state index contributed by atoms with van der Waals surface area (Å²) in [5, 5.41) is 8.20. The third kappa shape index (κ3) is 4.49. The minimum atomic E-state index is 0.399. The second-order valence-corrected chi connectivity index (χ2v) is 6.95. The summed E-state index contributed by atoms with van der Waals surface area (Å²) in [7, 11) is 1.98. The molecule has 1 aliphatic carbocycles. The van der Waals surface area contributed by atoms with Gasteiger partial charge in [-0.15, -0.1) is 0 Å². The maximum absolute atomic E-state index is 5.35. The highest BCUT2D eigenvalue weighted by Gasteiger charge is 2.18. The van der Waals surface area contributed by atoms with Crippen LogP contribution in [0.1, 0.15) is 51.2 Å². The van der Waals surface area contributed by atoms with Crippen molar-refractivity contribution >= 4 is 11.8 Å². The van der Waals surface area contributed by atoms with Gasteiger partial charge in [0, 0.05) is 17.7 Å². The average molecular weight is 283 g/mol. The highest BCUT2D eigenvalue weighted by atomic mass is 32.2. The zero-order valence-electron chi connectivity index (χ0n) is 12.2. The third-order valence-electron chi connectivity index (χ3n) is 3.83. The first kappa shape index (κ1) is 14.9. The van der Waals surface area contributed by atoms with E-state index in [1.807, 2.05) is 18.8 Å². The lowest BCUT2D eigenvalue weighted by molar-refractivity contribution is 0.333. The Hall–Kier alpha value is -0.550. The van der Waals surface area contributed by atoms with Gasteiger partial charge in [-0.25, -0.2) is 0 Å². The largest absolute Gasteiger partial charge is 0.339 e. The summed E-state index contributed by atoms with van der Waals surface area (Å²) in [5.41, 5.74) is 0. The van der Waals surface area contributed by atoms with Gasteiger partial charge in [-0.3, -0.25) is 0 Å². The zero-order chi connectivity index (χ0) is 13.7. The summed E-state index contributed by atoms with van der Waals surface area (Å²) in [6.07, 6.45) is 6.28. The average Bonchev–Trinajstić information content (AvgIpc) is 3.04.